The third-order valence-electron chi connectivity index (χ3n) is 2.61. The monoisotopic (exact) mass is 568 g/mol. The third-order valence-corrected chi connectivity index (χ3v) is 14.1. The predicted octanol–water partition coefficient (Wildman–Crippen LogP) is 1.85. The summed E-state index contributed by atoms with van der Waals surface area (Å²) in [6.07, 6.45) is 0.598. The van der Waals surface area contributed by atoms with Crippen molar-refractivity contribution in [1.82, 2.24) is 0 Å². The number of rotatable bonds is 5. The standard InChI is InChI=1S/C8H8Br.3C2H4O2.Pb/c1-2-7-4-3-5-8(9)6-7;3*1-2(3)4;/h3,5-6H,2H2,1H3;3*1H3,(H,3,4);/q;;;;+3/p-3. The molecule has 0 spiro atoms. The minimum atomic E-state index is -5.09. The Kier molecular flexibility index (Phi) is 6.98. The van der Waals surface area contributed by atoms with Crippen molar-refractivity contribution in [2.45, 2.75) is 34.1 Å². The molecular formula is C14H17BrO6Pb. The van der Waals surface area contributed by atoms with Gasteiger partial charge in [0.15, 0.2) is 0 Å². The van der Waals surface area contributed by atoms with Gasteiger partial charge in [0.2, 0.25) is 0 Å². The van der Waals surface area contributed by atoms with E-state index in [-0.39, 0.29) is 0 Å². The second-order valence-electron chi connectivity index (χ2n) is 4.49. The van der Waals surface area contributed by atoms with Crippen LogP contribution in [-0.4, -0.2) is 40.4 Å². The van der Waals surface area contributed by atoms with Gasteiger partial charge in [0.05, 0.1) is 0 Å². The molecule has 0 saturated carbocycles. The van der Waals surface area contributed by atoms with Gasteiger partial charge in [0.25, 0.3) is 0 Å². The van der Waals surface area contributed by atoms with Crippen molar-refractivity contribution in [3.05, 3.63) is 28.2 Å². The Hall–Kier alpha value is -0.968. The molecule has 22 heavy (non-hydrogen) atoms. The fraction of sp³-hybridized carbons (Fsp3) is 0.357. The zero-order chi connectivity index (χ0) is 16.9. The molecule has 0 unspecified atom stereocenters. The normalized spacial score (nSPS) is 10.8. The summed E-state index contributed by atoms with van der Waals surface area (Å²) in [6.45, 7) is 5.46. The van der Waals surface area contributed by atoms with E-state index in [9.17, 15) is 14.4 Å². The van der Waals surface area contributed by atoms with Crippen LogP contribution in [0.15, 0.2) is 22.7 Å². The molecular weight excluding hydrogens is 551 g/mol. The first-order valence-corrected chi connectivity index (χ1v) is 14.1. The molecule has 0 bridgehead atoms. The van der Waals surface area contributed by atoms with Gasteiger partial charge >= 0.3 is 144 Å². The summed E-state index contributed by atoms with van der Waals surface area (Å²) in [7, 11) is 0. The second kappa shape index (κ2) is 8.05. The molecule has 6 nitrogen and oxygen atoms in total. The first kappa shape index (κ1) is 19.1. The second-order valence-corrected chi connectivity index (χ2v) is 14.2. The van der Waals surface area contributed by atoms with E-state index in [0.29, 0.717) is 9.54 Å². The Morgan fingerprint density at radius 3 is 1.82 bits per heavy atom. The molecule has 0 fully saturated rings. The molecule has 0 saturated heterocycles. The molecule has 0 atom stereocenters. The summed E-state index contributed by atoms with van der Waals surface area (Å²) in [4.78, 5) is 34.5. The van der Waals surface area contributed by atoms with Gasteiger partial charge in [-0.05, 0) is 0 Å². The van der Waals surface area contributed by atoms with E-state index >= 15 is 0 Å². The molecule has 1 aromatic carbocycles. The number of halogens is 1. The van der Waals surface area contributed by atoms with Crippen molar-refractivity contribution in [2.24, 2.45) is 0 Å². The number of hydrogen-bond donors (Lipinski definition) is 0. The molecule has 0 aliphatic rings. The average Bonchev–Trinajstić information content (AvgIpc) is 2.35. The maximum atomic E-state index is 11.5. The number of benzene rings is 1. The summed E-state index contributed by atoms with van der Waals surface area (Å²) >= 11 is -1.74. The van der Waals surface area contributed by atoms with Gasteiger partial charge in [-0.25, -0.2) is 0 Å². The average molecular weight is 568 g/mol. The Labute approximate surface area is 143 Å². The maximum absolute atomic E-state index is 11.5. The van der Waals surface area contributed by atoms with Gasteiger partial charge < -0.3 is 0 Å². The first-order chi connectivity index (χ1) is 10.2. The van der Waals surface area contributed by atoms with Gasteiger partial charge in [0.1, 0.15) is 0 Å². The number of carbonyl (C=O) groups is 3. The summed E-state index contributed by atoms with van der Waals surface area (Å²) in [5.74, 6) is -1.97. The summed E-state index contributed by atoms with van der Waals surface area (Å²) in [6, 6.07) is 5.21. The van der Waals surface area contributed by atoms with Crippen LogP contribution in [0.1, 0.15) is 33.3 Å². The van der Waals surface area contributed by atoms with Crippen LogP contribution < -0.4 is 3.12 Å². The van der Waals surface area contributed by atoms with Crippen molar-refractivity contribution < 1.29 is 22.4 Å². The van der Waals surface area contributed by atoms with E-state index in [4.69, 9.17) is 8.06 Å². The molecule has 0 radical (unpaired) electrons. The molecule has 0 N–H and O–H groups in total. The molecule has 0 heterocycles. The van der Waals surface area contributed by atoms with E-state index in [1.807, 2.05) is 13.0 Å². The van der Waals surface area contributed by atoms with Gasteiger partial charge in [-0.15, -0.1) is 0 Å². The van der Waals surface area contributed by atoms with Crippen molar-refractivity contribution in [2.75, 3.05) is 0 Å². The topological polar surface area (TPSA) is 78.9 Å². The predicted molar refractivity (Wildman–Crippen MR) is 84.2 cm³/mol. The van der Waals surface area contributed by atoms with Crippen LogP contribution in [0.5, 0.6) is 0 Å². The Balaban J connectivity index is 3.54. The fourth-order valence-corrected chi connectivity index (χ4v) is 12.2. The van der Waals surface area contributed by atoms with Crippen molar-refractivity contribution >= 4 is 59.5 Å². The third kappa shape index (κ3) is 5.04. The summed E-state index contributed by atoms with van der Waals surface area (Å²) < 4.78 is 17.3. The number of hydrogen-bond acceptors (Lipinski definition) is 6. The van der Waals surface area contributed by atoms with E-state index in [2.05, 4.69) is 15.9 Å². The summed E-state index contributed by atoms with van der Waals surface area (Å²) in [5.41, 5.74) is 0.791. The molecule has 1 aromatic rings. The van der Waals surface area contributed by atoms with Crippen LogP contribution >= 0.6 is 15.9 Å². The number of carbonyl (C=O) groups excluding carboxylic acids is 3. The summed E-state index contributed by atoms with van der Waals surface area (Å²) in [5, 5.41) is 0. The van der Waals surface area contributed by atoms with E-state index in [0.717, 1.165) is 10.0 Å². The van der Waals surface area contributed by atoms with Crippen LogP contribution in [0, 0.1) is 0 Å². The van der Waals surface area contributed by atoms with Crippen LogP contribution in [-0.2, 0) is 28.9 Å². The van der Waals surface area contributed by atoms with E-state index in [1.54, 1.807) is 12.1 Å². The van der Waals surface area contributed by atoms with Crippen LogP contribution in [0.25, 0.3) is 0 Å². The zero-order valence-corrected chi connectivity index (χ0v) is 18.2. The first-order valence-electron chi connectivity index (χ1n) is 6.57. The van der Waals surface area contributed by atoms with Crippen molar-refractivity contribution in [1.29, 1.82) is 0 Å². The molecule has 1 rings (SSSR count). The molecule has 8 heteroatoms. The molecule has 0 aromatic heterocycles. The molecule has 0 amide bonds. The van der Waals surface area contributed by atoms with Gasteiger partial charge in [0, 0.05) is 0 Å². The van der Waals surface area contributed by atoms with Gasteiger partial charge in [-0.2, -0.15) is 0 Å². The zero-order valence-electron chi connectivity index (χ0n) is 12.8. The van der Waals surface area contributed by atoms with Crippen LogP contribution in [0.3, 0.4) is 0 Å². The fourth-order valence-electron chi connectivity index (χ4n) is 1.95. The quantitative estimate of drug-likeness (QED) is 0.505. The minimum absolute atomic E-state index is 0.499. The van der Waals surface area contributed by atoms with Crippen molar-refractivity contribution in [3.8, 4) is 0 Å². The van der Waals surface area contributed by atoms with E-state index in [1.165, 1.54) is 20.8 Å². The van der Waals surface area contributed by atoms with E-state index < -0.39 is 40.4 Å². The Morgan fingerprint density at radius 2 is 1.45 bits per heavy atom. The Bertz CT molecular complexity index is 560. The Morgan fingerprint density at radius 1 is 1.00 bits per heavy atom. The number of aryl methyl sites for hydroxylation is 1. The molecule has 120 valence electrons. The van der Waals surface area contributed by atoms with Crippen molar-refractivity contribution in [3.63, 3.8) is 0 Å². The SMILES string of the molecule is CCc1cc(Br)cc[c]1[Pb]([O]C(C)=O)([O]C(C)=O)[O]C(C)=O. The molecule has 0 aliphatic heterocycles. The van der Waals surface area contributed by atoms with Gasteiger partial charge in [-0.1, -0.05) is 0 Å². The van der Waals surface area contributed by atoms with Crippen LogP contribution in [0.4, 0.5) is 0 Å². The van der Waals surface area contributed by atoms with Gasteiger partial charge in [-0.3, -0.25) is 0 Å². The molecule has 0 aliphatic carbocycles. The van der Waals surface area contributed by atoms with Crippen LogP contribution in [0.2, 0.25) is 0 Å².